The maximum absolute atomic E-state index is 12.8. The van der Waals surface area contributed by atoms with Gasteiger partial charge in [-0.25, -0.2) is 5.01 Å². The number of hydrogen-bond donors (Lipinski definition) is 0. The van der Waals surface area contributed by atoms with Crippen LogP contribution >= 0.6 is 0 Å². The average Bonchev–Trinajstić information content (AvgIpc) is 3.11. The van der Waals surface area contributed by atoms with Gasteiger partial charge < -0.3 is 4.74 Å². The van der Waals surface area contributed by atoms with Gasteiger partial charge in [0.15, 0.2) is 0 Å². The molecular formula is C25H37N3O2. The lowest BCUT2D eigenvalue weighted by atomic mass is 9.70. The fourth-order valence-corrected chi connectivity index (χ4v) is 7.42. The second-order valence-corrected chi connectivity index (χ2v) is 11.1. The van der Waals surface area contributed by atoms with Gasteiger partial charge in [-0.15, -0.1) is 0 Å². The third-order valence-corrected chi connectivity index (χ3v) is 8.83. The van der Waals surface area contributed by atoms with Crippen molar-refractivity contribution in [3.05, 3.63) is 35.9 Å². The minimum Gasteiger partial charge on any atom is -0.358 e. The van der Waals surface area contributed by atoms with E-state index in [2.05, 4.69) is 75.0 Å². The van der Waals surface area contributed by atoms with Crippen LogP contribution in [0.25, 0.3) is 0 Å². The smallest absolute Gasteiger partial charge is 0.234 e. The molecule has 5 nitrogen and oxygen atoms in total. The van der Waals surface area contributed by atoms with Gasteiger partial charge in [0, 0.05) is 37.4 Å². The predicted molar refractivity (Wildman–Crippen MR) is 117 cm³/mol. The van der Waals surface area contributed by atoms with Gasteiger partial charge in [0.2, 0.25) is 5.91 Å². The lowest BCUT2D eigenvalue weighted by Crippen LogP contribution is -2.65. The third-order valence-electron chi connectivity index (χ3n) is 8.83. The van der Waals surface area contributed by atoms with E-state index in [9.17, 15) is 4.79 Å². The minimum absolute atomic E-state index is 0.0251. The summed E-state index contributed by atoms with van der Waals surface area (Å²) in [6.45, 7) is 12.2. The molecule has 1 aliphatic carbocycles. The number of rotatable bonds is 1. The Labute approximate surface area is 181 Å². The fourth-order valence-electron chi connectivity index (χ4n) is 7.42. The maximum Gasteiger partial charge on any atom is 0.234 e. The van der Waals surface area contributed by atoms with Crippen molar-refractivity contribution in [2.45, 2.75) is 83.8 Å². The number of nitrogens with zero attached hydrogens (tertiary/aromatic N) is 3. The number of likely N-dealkylation sites (N-methyl/N-ethyl adjacent to an activating group) is 1. The summed E-state index contributed by atoms with van der Waals surface area (Å²) < 4.78 is 6.93. The molecule has 0 spiro atoms. The molecule has 3 saturated heterocycles. The molecule has 5 rings (SSSR count). The van der Waals surface area contributed by atoms with Crippen molar-refractivity contribution >= 4 is 5.91 Å². The Morgan fingerprint density at radius 1 is 1.13 bits per heavy atom. The molecule has 164 valence electrons. The van der Waals surface area contributed by atoms with Crippen LogP contribution in [0.2, 0.25) is 0 Å². The molecule has 0 unspecified atom stereocenters. The summed E-state index contributed by atoms with van der Waals surface area (Å²) in [6, 6.07) is 10.8. The lowest BCUT2D eigenvalue weighted by Gasteiger charge is -2.56. The number of ether oxygens (including phenoxy) is 1. The van der Waals surface area contributed by atoms with E-state index in [1.165, 1.54) is 18.4 Å². The van der Waals surface area contributed by atoms with Crippen molar-refractivity contribution in [3.63, 3.8) is 0 Å². The summed E-state index contributed by atoms with van der Waals surface area (Å²) in [7, 11) is 2.09. The highest BCUT2D eigenvalue weighted by Gasteiger charge is 2.68. The molecule has 0 aromatic heterocycles. The van der Waals surface area contributed by atoms with E-state index in [-0.39, 0.29) is 35.2 Å². The van der Waals surface area contributed by atoms with Crippen LogP contribution in [0.4, 0.5) is 0 Å². The van der Waals surface area contributed by atoms with Crippen molar-refractivity contribution in [2.75, 3.05) is 13.6 Å². The number of benzene rings is 1. The van der Waals surface area contributed by atoms with Crippen LogP contribution < -0.4 is 0 Å². The van der Waals surface area contributed by atoms with E-state index in [1.54, 1.807) is 6.92 Å². The normalized spacial score (nSPS) is 43.2. The molecule has 1 amide bonds. The Morgan fingerprint density at radius 2 is 1.83 bits per heavy atom. The van der Waals surface area contributed by atoms with Gasteiger partial charge in [-0.2, -0.15) is 0 Å². The van der Waals surface area contributed by atoms with Gasteiger partial charge in [0.05, 0.1) is 18.2 Å². The highest BCUT2D eigenvalue weighted by atomic mass is 16.5. The van der Waals surface area contributed by atoms with Crippen molar-refractivity contribution in [1.29, 1.82) is 0 Å². The second-order valence-electron chi connectivity index (χ2n) is 11.1. The number of hydrogen-bond acceptors (Lipinski definition) is 4. The summed E-state index contributed by atoms with van der Waals surface area (Å²) in [5, 5.41) is 4.19. The van der Waals surface area contributed by atoms with Crippen LogP contribution in [-0.2, 0) is 9.53 Å². The van der Waals surface area contributed by atoms with Gasteiger partial charge in [-0.1, -0.05) is 50.6 Å². The van der Waals surface area contributed by atoms with E-state index in [1.807, 2.05) is 5.01 Å². The molecule has 30 heavy (non-hydrogen) atoms. The average molecular weight is 412 g/mol. The zero-order valence-electron chi connectivity index (χ0n) is 19.3. The summed E-state index contributed by atoms with van der Waals surface area (Å²) in [6.07, 6.45) is 4.06. The minimum atomic E-state index is -0.0944. The van der Waals surface area contributed by atoms with Crippen LogP contribution in [-0.4, -0.2) is 58.3 Å². The van der Waals surface area contributed by atoms with E-state index in [0.717, 1.165) is 18.9 Å². The molecule has 0 N–H and O–H groups in total. The summed E-state index contributed by atoms with van der Waals surface area (Å²) in [5.41, 5.74) is 1.22. The molecule has 0 bridgehead atoms. The highest BCUT2D eigenvalue weighted by Crippen LogP contribution is 2.60. The second kappa shape index (κ2) is 6.78. The lowest BCUT2D eigenvalue weighted by molar-refractivity contribution is -0.237. The number of amides is 1. The van der Waals surface area contributed by atoms with Gasteiger partial charge in [0.25, 0.3) is 0 Å². The Morgan fingerprint density at radius 3 is 2.50 bits per heavy atom. The Balaban J connectivity index is 1.58. The van der Waals surface area contributed by atoms with Gasteiger partial charge >= 0.3 is 0 Å². The molecule has 5 heteroatoms. The van der Waals surface area contributed by atoms with E-state index < -0.39 is 0 Å². The Bertz CT molecular complexity index is 827. The highest BCUT2D eigenvalue weighted by molar-refractivity contribution is 5.74. The van der Waals surface area contributed by atoms with Crippen molar-refractivity contribution in [2.24, 2.45) is 17.3 Å². The zero-order valence-corrected chi connectivity index (χ0v) is 19.3. The molecule has 0 radical (unpaired) electrons. The fraction of sp³-hybridized carbons (Fsp3) is 0.720. The molecule has 3 aliphatic heterocycles. The van der Waals surface area contributed by atoms with Crippen molar-refractivity contribution < 1.29 is 9.53 Å². The summed E-state index contributed by atoms with van der Waals surface area (Å²) >= 11 is 0. The quantitative estimate of drug-likeness (QED) is 0.698. The van der Waals surface area contributed by atoms with Crippen LogP contribution in [0.15, 0.2) is 30.3 Å². The first kappa shape index (κ1) is 20.5. The van der Waals surface area contributed by atoms with Crippen LogP contribution in [0.3, 0.4) is 0 Å². The predicted octanol–water partition coefficient (Wildman–Crippen LogP) is 4.07. The first-order valence-corrected chi connectivity index (χ1v) is 11.7. The molecule has 1 saturated carbocycles. The number of hydrazine groups is 1. The summed E-state index contributed by atoms with van der Waals surface area (Å²) in [5.74, 6) is 1.41. The number of carbonyl (C=O) groups is 1. The standard InChI is InChI=1S/C25H37N3O2/c1-16-12-13-19-20(14-16)30-23-22-25(5,15-27(23)24(19,3)4)21(18-10-8-7-9-11-18)28(17(2)29)26(22)6/h7-11,16,19-23H,12-15H2,1-6H3/t16-,19-,20-,21+,22+,23+,25+/m1/s1. The molecule has 4 aliphatic rings. The largest absolute Gasteiger partial charge is 0.358 e. The van der Waals surface area contributed by atoms with E-state index in [4.69, 9.17) is 4.74 Å². The molecular weight excluding hydrogens is 374 g/mol. The SMILES string of the molecule is CC(=O)N1[C@@H](c2ccccc2)[C@]2(C)CN3[C@@H](O[C@@H]4C[C@H](C)CC[C@H]4C3(C)C)[C@@H]2N1C. The van der Waals surface area contributed by atoms with Crippen LogP contribution in [0.5, 0.6) is 0 Å². The van der Waals surface area contributed by atoms with Crippen molar-refractivity contribution in [1.82, 2.24) is 14.9 Å². The molecule has 1 aromatic carbocycles. The van der Waals surface area contributed by atoms with E-state index >= 15 is 0 Å². The van der Waals surface area contributed by atoms with Gasteiger partial charge in [-0.05, 0) is 38.2 Å². The van der Waals surface area contributed by atoms with Gasteiger partial charge in [-0.3, -0.25) is 14.7 Å². The molecule has 1 aromatic rings. The Hall–Kier alpha value is -1.43. The van der Waals surface area contributed by atoms with Gasteiger partial charge in [0.1, 0.15) is 6.23 Å². The number of fused-ring (bicyclic) bond motifs is 4. The molecule has 4 fully saturated rings. The molecule has 3 heterocycles. The maximum atomic E-state index is 12.8. The van der Waals surface area contributed by atoms with E-state index in [0.29, 0.717) is 12.0 Å². The van der Waals surface area contributed by atoms with Crippen LogP contribution in [0, 0.1) is 17.3 Å². The monoisotopic (exact) mass is 411 g/mol. The van der Waals surface area contributed by atoms with Crippen LogP contribution in [0.1, 0.15) is 65.5 Å². The topological polar surface area (TPSA) is 36.0 Å². The summed E-state index contributed by atoms with van der Waals surface area (Å²) in [4.78, 5) is 15.4. The molecule has 7 atom stereocenters. The third kappa shape index (κ3) is 2.68. The number of carbonyl (C=O) groups excluding carboxylic acids is 1. The first-order valence-electron chi connectivity index (χ1n) is 11.7. The van der Waals surface area contributed by atoms with Crippen molar-refractivity contribution in [3.8, 4) is 0 Å². The first-order chi connectivity index (χ1) is 14.2. The zero-order chi connectivity index (χ0) is 21.4. The Kier molecular flexibility index (Phi) is 4.63.